The van der Waals surface area contributed by atoms with Crippen LogP contribution in [0.25, 0.3) is 0 Å². The van der Waals surface area contributed by atoms with Gasteiger partial charge in [0.25, 0.3) is 0 Å². The first-order valence-corrected chi connectivity index (χ1v) is 7.45. The topological polar surface area (TPSA) is 78.7 Å². The predicted molar refractivity (Wildman–Crippen MR) is 89.1 cm³/mol. The van der Waals surface area contributed by atoms with E-state index in [-0.39, 0.29) is 24.5 Å². The van der Waals surface area contributed by atoms with Gasteiger partial charge in [0.1, 0.15) is 6.61 Å². The molecule has 6 nitrogen and oxygen atoms in total. The number of rotatable bonds is 6. The fraction of sp³-hybridized carbons (Fsp3) is 0.278. The van der Waals surface area contributed by atoms with E-state index in [1.807, 2.05) is 30.3 Å². The Morgan fingerprint density at radius 2 is 1.88 bits per heavy atom. The van der Waals surface area contributed by atoms with Crippen LogP contribution < -0.4 is 4.74 Å². The maximum absolute atomic E-state index is 11.5. The number of methoxy groups -OCH3 is 1. The summed E-state index contributed by atoms with van der Waals surface area (Å²) in [7, 11) is 1.29. The van der Waals surface area contributed by atoms with Gasteiger partial charge in [0, 0.05) is 5.56 Å². The zero-order valence-electron chi connectivity index (χ0n) is 13.9. The molecule has 0 aliphatic rings. The minimum absolute atomic E-state index is 0.0109. The highest BCUT2D eigenvalue weighted by Gasteiger charge is 2.25. The van der Waals surface area contributed by atoms with E-state index in [4.69, 9.17) is 4.74 Å². The summed E-state index contributed by atoms with van der Waals surface area (Å²) < 4.78 is 10.4. The number of nitrogens with zero attached hydrogens (tertiary/aromatic N) is 1. The monoisotopic (exact) mass is 329 g/mol. The second-order valence-corrected chi connectivity index (χ2v) is 5.44. The molecule has 0 saturated carbocycles. The third-order valence-electron chi connectivity index (χ3n) is 3.77. The highest BCUT2D eigenvalue weighted by Crippen LogP contribution is 2.37. The van der Waals surface area contributed by atoms with E-state index in [2.05, 4.69) is 4.74 Å². The predicted octanol–water partition coefficient (Wildman–Crippen LogP) is 3.51. The van der Waals surface area contributed by atoms with E-state index in [1.54, 1.807) is 19.9 Å². The molecule has 0 aliphatic carbocycles. The molecule has 0 fully saturated rings. The van der Waals surface area contributed by atoms with Gasteiger partial charge in [-0.1, -0.05) is 36.4 Å². The molecule has 2 rings (SSSR count). The molecule has 0 atom stereocenters. The minimum Gasteiger partial charge on any atom is -0.482 e. The van der Waals surface area contributed by atoms with Gasteiger partial charge in [-0.25, -0.2) is 0 Å². The van der Waals surface area contributed by atoms with Gasteiger partial charge in [-0.05, 0) is 30.5 Å². The second kappa shape index (κ2) is 7.59. The van der Waals surface area contributed by atoms with Crippen LogP contribution in [-0.4, -0.2) is 18.0 Å². The normalized spacial score (nSPS) is 10.3. The van der Waals surface area contributed by atoms with Crippen molar-refractivity contribution in [3.63, 3.8) is 0 Å². The number of hydrogen-bond donors (Lipinski definition) is 0. The summed E-state index contributed by atoms with van der Waals surface area (Å²) in [5, 5.41) is 11.5. The number of esters is 1. The smallest absolute Gasteiger partial charge is 0.314 e. The molecule has 0 saturated heterocycles. The zero-order valence-corrected chi connectivity index (χ0v) is 13.9. The van der Waals surface area contributed by atoms with Gasteiger partial charge in [0.15, 0.2) is 0 Å². The van der Waals surface area contributed by atoms with Gasteiger partial charge < -0.3 is 9.47 Å². The Labute approximate surface area is 140 Å². The van der Waals surface area contributed by atoms with Crippen molar-refractivity contribution >= 4 is 11.7 Å². The number of benzene rings is 2. The molecular formula is C18H19NO5. The zero-order chi connectivity index (χ0) is 17.7. The fourth-order valence-corrected chi connectivity index (χ4v) is 2.49. The largest absolute Gasteiger partial charge is 0.482 e. The molecule has 2 aromatic rings. The molecule has 6 heteroatoms. The molecule has 0 amide bonds. The maximum atomic E-state index is 11.5. The van der Waals surface area contributed by atoms with Crippen molar-refractivity contribution in [2.75, 3.05) is 7.11 Å². The first kappa shape index (κ1) is 17.5. The molecular weight excluding hydrogens is 310 g/mol. The quantitative estimate of drug-likeness (QED) is 0.460. The first-order valence-electron chi connectivity index (χ1n) is 7.45. The molecule has 0 unspecified atom stereocenters. The Morgan fingerprint density at radius 1 is 1.21 bits per heavy atom. The molecule has 0 bridgehead atoms. The number of aryl methyl sites for hydroxylation is 1. The van der Waals surface area contributed by atoms with E-state index in [9.17, 15) is 14.9 Å². The van der Waals surface area contributed by atoms with E-state index in [1.165, 1.54) is 7.11 Å². The summed E-state index contributed by atoms with van der Waals surface area (Å²) >= 11 is 0. The number of ether oxygens (including phenoxy) is 2. The van der Waals surface area contributed by atoms with Crippen molar-refractivity contribution < 1.29 is 19.2 Å². The van der Waals surface area contributed by atoms with Crippen LogP contribution in [-0.2, 0) is 22.6 Å². The van der Waals surface area contributed by atoms with Crippen LogP contribution >= 0.6 is 0 Å². The van der Waals surface area contributed by atoms with Crippen molar-refractivity contribution in [2.45, 2.75) is 26.9 Å². The molecule has 0 heterocycles. The number of nitro groups is 1. The average Bonchev–Trinajstić information content (AvgIpc) is 2.56. The summed E-state index contributed by atoms with van der Waals surface area (Å²) in [4.78, 5) is 22.6. The Hall–Kier alpha value is -2.89. The summed E-state index contributed by atoms with van der Waals surface area (Å²) in [5.41, 5.74) is 2.41. The van der Waals surface area contributed by atoms with Crippen LogP contribution in [0.15, 0.2) is 36.4 Å². The van der Waals surface area contributed by atoms with E-state index in [0.29, 0.717) is 16.7 Å². The number of carbonyl (C=O) groups is 1. The van der Waals surface area contributed by atoms with Crippen molar-refractivity contribution in [2.24, 2.45) is 0 Å². The van der Waals surface area contributed by atoms with Crippen LogP contribution in [0.4, 0.5) is 5.69 Å². The molecule has 0 radical (unpaired) electrons. The summed E-state index contributed by atoms with van der Waals surface area (Å²) in [6.45, 7) is 3.58. The lowest BCUT2D eigenvalue weighted by Gasteiger charge is -2.14. The molecule has 0 N–H and O–H groups in total. The number of carbonyl (C=O) groups excluding carboxylic acids is 1. The second-order valence-electron chi connectivity index (χ2n) is 5.44. The highest BCUT2D eigenvalue weighted by molar-refractivity contribution is 5.74. The lowest BCUT2D eigenvalue weighted by molar-refractivity contribution is -0.386. The van der Waals surface area contributed by atoms with Crippen molar-refractivity contribution in [1.82, 2.24) is 0 Å². The molecule has 126 valence electrons. The Balaban J connectivity index is 2.38. The van der Waals surface area contributed by atoms with E-state index < -0.39 is 10.9 Å². The molecule has 0 spiro atoms. The average molecular weight is 329 g/mol. The Bertz CT molecular complexity index is 756. The van der Waals surface area contributed by atoms with Crippen molar-refractivity contribution in [3.8, 4) is 5.75 Å². The standard InChI is InChI=1S/C18H19NO5/c1-12-9-15(10-16(20)23-3)13(2)17(19(21)22)18(12)24-11-14-7-5-4-6-8-14/h4-9H,10-11H2,1-3H3. The summed E-state index contributed by atoms with van der Waals surface area (Å²) in [5.74, 6) is -0.209. The van der Waals surface area contributed by atoms with Gasteiger partial charge in [-0.15, -0.1) is 0 Å². The molecule has 0 aliphatic heterocycles. The van der Waals surface area contributed by atoms with E-state index in [0.717, 1.165) is 5.56 Å². The van der Waals surface area contributed by atoms with Crippen LogP contribution in [0.1, 0.15) is 22.3 Å². The van der Waals surface area contributed by atoms with Gasteiger partial charge in [-0.3, -0.25) is 14.9 Å². The lowest BCUT2D eigenvalue weighted by Crippen LogP contribution is -2.09. The van der Waals surface area contributed by atoms with Crippen LogP contribution in [0.2, 0.25) is 0 Å². The third kappa shape index (κ3) is 3.90. The number of hydrogen-bond acceptors (Lipinski definition) is 5. The van der Waals surface area contributed by atoms with E-state index >= 15 is 0 Å². The highest BCUT2D eigenvalue weighted by atomic mass is 16.6. The van der Waals surface area contributed by atoms with Crippen LogP contribution in [0, 0.1) is 24.0 Å². The van der Waals surface area contributed by atoms with Crippen molar-refractivity contribution in [3.05, 3.63) is 68.8 Å². The first-order chi connectivity index (χ1) is 11.4. The Morgan fingerprint density at radius 3 is 2.46 bits per heavy atom. The molecule has 2 aromatic carbocycles. The minimum atomic E-state index is -0.469. The van der Waals surface area contributed by atoms with Gasteiger partial charge in [0.05, 0.1) is 18.5 Å². The molecule has 0 aromatic heterocycles. The van der Waals surface area contributed by atoms with Gasteiger partial charge >= 0.3 is 11.7 Å². The maximum Gasteiger partial charge on any atom is 0.314 e. The van der Waals surface area contributed by atoms with Gasteiger partial charge in [-0.2, -0.15) is 0 Å². The summed E-state index contributed by atoms with van der Waals surface area (Å²) in [6.07, 6.45) is -0.0109. The number of nitro benzene ring substituents is 1. The SMILES string of the molecule is COC(=O)Cc1cc(C)c(OCc2ccccc2)c([N+](=O)[O-])c1C. The fourth-order valence-electron chi connectivity index (χ4n) is 2.49. The van der Waals surface area contributed by atoms with Gasteiger partial charge in [0.2, 0.25) is 5.75 Å². The molecule has 24 heavy (non-hydrogen) atoms. The summed E-state index contributed by atoms with van der Waals surface area (Å²) in [6, 6.07) is 11.2. The van der Waals surface area contributed by atoms with Crippen LogP contribution in [0.3, 0.4) is 0 Å². The Kier molecular flexibility index (Phi) is 5.52. The lowest BCUT2D eigenvalue weighted by atomic mass is 9.99. The van der Waals surface area contributed by atoms with Crippen molar-refractivity contribution in [1.29, 1.82) is 0 Å². The third-order valence-corrected chi connectivity index (χ3v) is 3.77. The van der Waals surface area contributed by atoms with Crippen LogP contribution in [0.5, 0.6) is 5.75 Å².